The molecule has 4 heterocycles. The second kappa shape index (κ2) is 9.38. The van der Waals surface area contributed by atoms with E-state index in [9.17, 15) is 9.18 Å². The van der Waals surface area contributed by atoms with E-state index in [0.717, 1.165) is 37.7 Å². The molecular formula is C25H23ClFN5O2. The Morgan fingerprint density at radius 2 is 2.00 bits per heavy atom. The van der Waals surface area contributed by atoms with E-state index in [4.69, 9.17) is 21.3 Å². The van der Waals surface area contributed by atoms with Crippen molar-refractivity contribution in [2.45, 2.75) is 26.4 Å². The highest BCUT2D eigenvalue weighted by Gasteiger charge is 2.19. The van der Waals surface area contributed by atoms with Crippen molar-refractivity contribution in [2.75, 3.05) is 18.0 Å². The van der Waals surface area contributed by atoms with Crippen molar-refractivity contribution in [3.63, 3.8) is 0 Å². The molecule has 1 N–H and O–H groups in total. The van der Waals surface area contributed by atoms with Crippen LogP contribution in [0, 0.1) is 11.7 Å². The Morgan fingerprint density at radius 3 is 2.79 bits per heavy atom. The molecule has 0 aliphatic carbocycles. The predicted octanol–water partition coefficient (Wildman–Crippen LogP) is 4.99. The van der Waals surface area contributed by atoms with Gasteiger partial charge in [-0.2, -0.15) is 0 Å². The zero-order valence-corrected chi connectivity index (χ0v) is 19.3. The molecule has 3 aromatic heterocycles. The summed E-state index contributed by atoms with van der Waals surface area (Å²) in [6.45, 7) is 4.18. The van der Waals surface area contributed by atoms with Gasteiger partial charge >= 0.3 is 0 Å². The number of halogens is 2. The Balaban J connectivity index is 1.47. The van der Waals surface area contributed by atoms with Crippen LogP contribution in [-0.2, 0) is 6.61 Å². The van der Waals surface area contributed by atoms with Crippen LogP contribution in [0.3, 0.4) is 0 Å². The molecule has 1 saturated heterocycles. The van der Waals surface area contributed by atoms with E-state index in [0.29, 0.717) is 33.9 Å². The molecule has 0 saturated carbocycles. The Kier molecular flexibility index (Phi) is 6.15. The van der Waals surface area contributed by atoms with E-state index in [1.165, 1.54) is 18.2 Å². The molecule has 174 valence electrons. The van der Waals surface area contributed by atoms with Gasteiger partial charge in [-0.3, -0.25) is 9.78 Å². The number of aromatic nitrogens is 4. The van der Waals surface area contributed by atoms with Gasteiger partial charge < -0.3 is 14.6 Å². The van der Waals surface area contributed by atoms with E-state index in [1.807, 2.05) is 18.2 Å². The van der Waals surface area contributed by atoms with Gasteiger partial charge in [-0.1, -0.05) is 24.6 Å². The van der Waals surface area contributed by atoms with Crippen molar-refractivity contribution >= 4 is 28.3 Å². The third-order valence-electron chi connectivity index (χ3n) is 6.02. The molecule has 1 aliphatic rings. The number of piperidine rings is 1. The van der Waals surface area contributed by atoms with Crippen molar-refractivity contribution in [1.29, 1.82) is 0 Å². The van der Waals surface area contributed by atoms with Crippen LogP contribution in [0.1, 0.15) is 25.6 Å². The number of rotatable bonds is 5. The van der Waals surface area contributed by atoms with Crippen LogP contribution in [-0.4, -0.2) is 33.0 Å². The van der Waals surface area contributed by atoms with Gasteiger partial charge in [-0.15, -0.1) is 0 Å². The van der Waals surface area contributed by atoms with Crippen molar-refractivity contribution in [1.82, 2.24) is 19.9 Å². The summed E-state index contributed by atoms with van der Waals surface area (Å²) in [6.07, 6.45) is 3.86. The maximum atomic E-state index is 13.4. The number of hydrogen-bond donors (Lipinski definition) is 1. The fraction of sp³-hybridized carbons (Fsp3) is 0.280. The topological polar surface area (TPSA) is 84.0 Å². The van der Waals surface area contributed by atoms with Gasteiger partial charge in [-0.25, -0.2) is 14.4 Å². The first kappa shape index (κ1) is 22.3. The van der Waals surface area contributed by atoms with Crippen molar-refractivity contribution < 1.29 is 9.13 Å². The van der Waals surface area contributed by atoms with Gasteiger partial charge in [0.05, 0.1) is 16.1 Å². The SMILES string of the molecule is CC1CCN(c2cccc(-c3nccc4c(=O)[nH]c(COc5ccc(F)c(Cl)c5)nc34)n2)CC1. The molecule has 34 heavy (non-hydrogen) atoms. The predicted molar refractivity (Wildman–Crippen MR) is 130 cm³/mol. The average Bonchev–Trinajstić information content (AvgIpc) is 2.85. The number of pyridine rings is 2. The number of hydrogen-bond acceptors (Lipinski definition) is 6. The summed E-state index contributed by atoms with van der Waals surface area (Å²) < 4.78 is 19.1. The van der Waals surface area contributed by atoms with Crippen LogP contribution in [0.15, 0.2) is 53.5 Å². The lowest BCUT2D eigenvalue weighted by Gasteiger charge is -2.31. The monoisotopic (exact) mass is 479 g/mol. The number of aromatic amines is 1. The highest BCUT2D eigenvalue weighted by atomic mass is 35.5. The van der Waals surface area contributed by atoms with Gasteiger partial charge in [0.1, 0.15) is 41.0 Å². The minimum Gasteiger partial charge on any atom is -0.486 e. The lowest BCUT2D eigenvalue weighted by atomic mass is 9.99. The van der Waals surface area contributed by atoms with Crippen LogP contribution in [0.5, 0.6) is 5.75 Å². The molecule has 1 aliphatic heterocycles. The maximum Gasteiger partial charge on any atom is 0.258 e. The summed E-state index contributed by atoms with van der Waals surface area (Å²) in [5.41, 5.74) is 1.32. The number of H-pyrrole nitrogens is 1. The smallest absolute Gasteiger partial charge is 0.258 e. The number of anilines is 1. The molecule has 0 atom stereocenters. The molecule has 5 rings (SSSR count). The number of benzene rings is 1. The quantitative estimate of drug-likeness (QED) is 0.434. The van der Waals surface area contributed by atoms with E-state index >= 15 is 0 Å². The van der Waals surface area contributed by atoms with Crippen molar-refractivity contribution in [3.05, 3.63) is 75.7 Å². The maximum absolute atomic E-state index is 13.4. The van der Waals surface area contributed by atoms with E-state index in [1.54, 1.807) is 12.3 Å². The molecular weight excluding hydrogens is 457 g/mol. The number of fused-ring (bicyclic) bond motifs is 1. The molecule has 0 spiro atoms. The Hall–Kier alpha value is -3.52. The molecule has 1 fully saturated rings. The van der Waals surface area contributed by atoms with Crippen LogP contribution in [0.2, 0.25) is 5.02 Å². The summed E-state index contributed by atoms with van der Waals surface area (Å²) in [5, 5.41) is 0.371. The van der Waals surface area contributed by atoms with Crippen LogP contribution < -0.4 is 15.2 Å². The van der Waals surface area contributed by atoms with Crippen molar-refractivity contribution in [3.8, 4) is 17.1 Å². The Labute approximate surface area is 200 Å². The first-order chi connectivity index (χ1) is 16.5. The molecule has 1 aromatic carbocycles. The molecule has 0 radical (unpaired) electrons. The summed E-state index contributed by atoms with van der Waals surface area (Å²) in [5.74, 6) is 1.77. The van der Waals surface area contributed by atoms with Crippen LogP contribution in [0.4, 0.5) is 10.2 Å². The van der Waals surface area contributed by atoms with E-state index < -0.39 is 5.82 Å². The normalized spacial score (nSPS) is 14.5. The lowest BCUT2D eigenvalue weighted by Crippen LogP contribution is -2.33. The lowest BCUT2D eigenvalue weighted by molar-refractivity contribution is 0.295. The molecule has 4 aromatic rings. The number of nitrogens with one attached hydrogen (secondary N) is 1. The zero-order valence-electron chi connectivity index (χ0n) is 18.6. The van der Waals surface area contributed by atoms with Crippen LogP contribution in [0.25, 0.3) is 22.3 Å². The van der Waals surface area contributed by atoms with Crippen LogP contribution >= 0.6 is 11.6 Å². The highest BCUT2D eigenvalue weighted by molar-refractivity contribution is 6.30. The fourth-order valence-electron chi connectivity index (χ4n) is 4.05. The summed E-state index contributed by atoms with van der Waals surface area (Å²) >= 11 is 5.82. The second-order valence-corrected chi connectivity index (χ2v) is 8.89. The molecule has 0 amide bonds. The molecule has 9 heteroatoms. The first-order valence-electron chi connectivity index (χ1n) is 11.2. The largest absolute Gasteiger partial charge is 0.486 e. The molecule has 0 unspecified atom stereocenters. The average molecular weight is 480 g/mol. The summed E-state index contributed by atoms with van der Waals surface area (Å²) in [6, 6.07) is 11.5. The first-order valence-corrected chi connectivity index (χ1v) is 11.5. The van der Waals surface area contributed by atoms with Gasteiger partial charge in [0.2, 0.25) is 0 Å². The number of nitrogens with zero attached hydrogens (tertiary/aromatic N) is 4. The Bertz CT molecular complexity index is 1400. The second-order valence-electron chi connectivity index (χ2n) is 8.48. The summed E-state index contributed by atoms with van der Waals surface area (Å²) in [4.78, 5) is 31.7. The molecule has 7 nitrogen and oxygen atoms in total. The summed E-state index contributed by atoms with van der Waals surface area (Å²) in [7, 11) is 0. The van der Waals surface area contributed by atoms with Gasteiger partial charge in [0.25, 0.3) is 5.56 Å². The van der Waals surface area contributed by atoms with Gasteiger partial charge in [0.15, 0.2) is 0 Å². The standard InChI is InChI=1S/C25H23ClFN5O2/c1-15-8-11-32(12-9-15)22-4-2-3-20(29-22)24-23-17(7-10-28-24)25(33)31-21(30-23)14-34-16-5-6-19(27)18(26)13-16/h2-7,10,13,15H,8-9,11-12,14H2,1H3,(H,30,31,33). The van der Waals surface area contributed by atoms with Gasteiger partial charge in [-0.05, 0) is 49.1 Å². The highest BCUT2D eigenvalue weighted by Crippen LogP contribution is 2.27. The minimum atomic E-state index is -0.532. The number of ether oxygens (including phenoxy) is 1. The molecule has 0 bridgehead atoms. The Morgan fingerprint density at radius 1 is 1.18 bits per heavy atom. The zero-order chi connectivity index (χ0) is 23.7. The fourth-order valence-corrected chi connectivity index (χ4v) is 4.23. The third-order valence-corrected chi connectivity index (χ3v) is 6.31. The van der Waals surface area contributed by atoms with E-state index in [2.05, 4.69) is 26.8 Å². The van der Waals surface area contributed by atoms with Crippen molar-refractivity contribution in [2.24, 2.45) is 5.92 Å². The third kappa shape index (κ3) is 4.59. The van der Waals surface area contributed by atoms with Gasteiger partial charge in [0, 0.05) is 25.4 Å². The van der Waals surface area contributed by atoms with E-state index in [-0.39, 0.29) is 17.2 Å². The minimum absolute atomic E-state index is 0.0269.